The van der Waals surface area contributed by atoms with E-state index in [-0.39, 0.29) is 0 Å². The van der Waals surface area contributed by atoms with E-state index in [1.54, 1.807) is 0 Å². The van der Waals surface area contributed by atoms with Gasteiger partial charge >= 0.3 is 0 Å². The van der Waals surface area contributed by atoms with E-state index < -0.39 is 0 Å². The molecule has 3 N–H and O–H groups in total. The lowest BCUT2D eigenvalue weighted by Gasteiger charge is -2.26. The molecule has 0 bridgehead atoms. The third kappa shape index (κ3) is 1.89. The fraction of sp³-hybridized carbons (Fsp3) is 0.455. The highest BCUT2D eigenvalue weighted by Gasteiger charge is 2.19. The minimum Gasteiger partial charge on any atom is -0.493 e. The zero-order valence-corrected chi connectivity index (χ0v) is 8.20. The smallest absolute Gasteiger partial charge is 0.124 e. The molecule has 0 amide bonds. The molecule has 1 atom stereocenters. The van der Waals surface area contributed by atoms with Gasteiger partial charge in [-0.1, -0.05) is 18.2 Å². The van der Waals surface area contributed by atoms with Crippen molar-refractivity contribution in [2.24, 2.45) is 5.73 Å². The predicted molar refractivity (Wildman–Crippen MR) is 56.4 cm³/mol. The van der Waals surface area contributed by atoms with Crippen LogP contribution in [0.15, 0.2) is 24.3 Å². The molecule has 0 saturated carbocycles. The van der Waals surface area contributed by atoms with Gasteiger partial charge in [0, 0.05) is 31.1 Å². The summed E-state index contributed by atoms with van der Waals surface area (Å²) in [6.07, 6.45) is 1.02. The maximum absolute atomic E-state index is 5.56. The summed E-state index contributed by atoms with van der Waals surface area (Å²) in [5, 5.41) is 3.42. The maximum atomic E-state index is 5.56. The molecule has 0 aliphatic carbocycles. The van der Waals surface area contributed by atoms with Crippen LogP contribution < -0.4 is 15.8 Å². The SMILES string of the molecule is NCCNC1CCOc2ccccc21. The Labute approximate surface area is 84.3 Å². The zero-order valence-electron chi connectivity index (χ0n) is 8.20. The topological polar surface area (TPSA) is 47.3 Å². The van der Waals surface area contributed by atoms with Gasteiger partial charge in [-0.05, 0) is 6.07 Å². The first kappa shape index (κ1) is 9.49. The third-order valence-electron chi connectivity index (χ3n) is 2.49. The number of benzene rings is 1. The van der Waals surface area contributed by atoms with Gasteiger partial charge in [0.25, 0.3) is 0 Å². The van der Waals surface area contributed by atoms with Crippen molar-refractivity contribution in [2.75, 3.05) is 19.7 Å². The normalized spacial score (nSPS) is 19.9. The summed E-state index contributed by atoms with van der Waals surface area (Å²) in [6, 6.07) is 8.59. The van der Waals surface area contributed by atoms with Crippen LogP contribution in [0, 0.1) is 0 Å². The highest BCUT2D eigenvalue weighted by molar-refractivity contribution is 5.37. The average Bonchev–Trinajstić information content (AvgIpc) is 2.26. The van der Waals surface area contributed by atoms with Crippen LogP contribution >= 0.6 is 0 Å². The van der Waals surface area contributed by atoms with E-state index in [2.05, 4.69) is 11.4 Å². The molecular formula is C11H16N2O. The van der Waals surface area contributed by atoms with E-state index >= 15 is 0 Å². The highest BCUT2D eigenvalue weighted by atomic mass is 16.5. The van der Waals surface area contributed by atoms with Gasteiger partial charge in [-0.2, -0.15) is 0 Å². The van der Waals surface area contributed by atoms with Gasteiger partial charge in [-0.3, -0.25) is 0 Å². The number of hydrogen-bond acceptors (Lipinski definition) is 3. The Morgan fingerprint density at radius 2 is 2.29 bits per heavy atom. The summed E-state index contributed by atoms with van der Waals surface area (Å²) < 4.78 is 5.56. The van der Waals surface area contributed by atoms with Crippen LogP contribution in [0.25, 0.3) is 0 Å². The molecule has 1 aliphatic rings. The van der Waals surface area contributed by atoms with Crippen molar-refractivity contribution in [2.45, 2.75) is 12.5 Å². The van der Waals surface area contributed by atoms with Crippen LogP contribution in [0.1, 0.15) is 18.0 Å². The van der Waals surface area contributed by atoms with Crippen molar-refractivity contribution < 1.29 is 4.74 Å². The molecular weight excluding hydrogens is 176 g/mol. The van der Waals surface area contributed by atoms with Crippen LogP contribution in [-0.2, 0) is 0 Å². The molecule has 76 valence electrons. The third-order valence-corrected chi connectivity index (χ3v) is 2.49. The van der Waals surface area contributed by atoms with Gasteiger partial charge in [0.15, 0.2) is 0 Å². The molecule has 1 unspecified atom stereocenters. The number of ether oxygens (including phenoxy) is 1. The molecule has 0 aromatic heterocycles. The Morgan fingerprint density at radius 1 is 1.43 bits per heavy atom. The molecule has 0 fully saturated rings. The van der Waals surface area contributed by atoms with Crippen molar-refractivity contribution in [1.82, 2.24) is 5.32 Å². The van der Waals surface area contributed by atoms with Gasteiger partial charge in [0.05, 0.1) is 6.61 Å². The molecule has 1 heterocycles. The zero-order chi connectivity index (χ0) is 9.80. The van der Waals surface area contributed by atoms with Crippen LogP contribution in [-0.4, -0.2) is 19.7 Å². The van der Waals surface area contributed by atoms with Crippen molar-refractivity contribution in [3.05, 3.63) is 29.8 Å². The van der Waals surface area contributed by atoms with Crippen molar-refractivity contribution in [3.8, 4) is 5.75 Å². The van der Waals surface area contributed by atoms with Crippen LogP contribution in [0.3, 0.4) is 0 Å². The fourth-order valence-electron chi connectivity index (χ4n) is 1.81. The summed E-state index contributed by atoms with van der Waals surface area (Å²) in [7, 11) is 0. The molecule has 0 saturated heterocycles. The number of fused-ring (bicyclic) bond motifs is 1. The van der Waals surface area contributed by atoms with Crippen molar-refractivity contribution in [1.29, 1.82) is 0 Å². The van der Waals surface area contributed by atoms with Crippen molar-refractivity contribution in [3.63, 3.8) is 0 Å². The van der Waals surface area contributed by atoms with E-state index in [0.29, 0.717) is 12.6 Å². The summed E-state index contributed by atoms with van der Waals surface area (Å²) >= 11 is 0. The highest BCUT2D eigenvalue weighted by Crippen LogP contribution is 2.31. The number of rotatable bonds is 3. The number of nitrogens with one attached hydrogen (secondary N) is 1. The lowest BCUT2D eigenvalue weighted by Crippen LogP contribution is -2.30. The van der Waals surface area contributed by atoms with E-state index in [4.69, 9.17) is 10.5 Å². The van der Waals surface area contributed by atoms with Crippen molar-refractivity contribution >= 4 is 0 Å². The fourth-order valence-corrected chi connectivity index (χ4v) is 1.81. The summed E-state index contributed by atoms with van der Waals surface area (Å²) in [5.41, 5.74) is 6.73. The predicted octanol–water partition coefficient (Wildman–Crippen LogP) is 1.06. The molecule has 14 heavy (non-hydrogen) atoms. The molecule has 1 aliphatic heterocycles. The monoisotopic (exact) mass is 192 g/mol. The summed E-state index contributed by atoms with van der Waals surface area (Å²) in [5.74, 6) is 1.01. The maximum Gasteiger partial charge on any atom is 0.124 e. The van der Waals surface area contributed by atoms with E-state index in [1.807, 2.05) is 18.2 Å². The van der Waals surface area contributed by atoms with Gasteiger partial charge < -0.3 is 15.8 Å². The Balaban J connectivity index is 2.14. The molecule has 3 nitrogen and oxygen atoms in total. The van der Waals surface area contributed by atoms with Crippen LogP contribution in [0.2, 0.25) is 0 Å². The molecule has 0 radical (unpaired) electrons. The molecule has 2 rings (SSSR count). The van der Waals surface area contributed by atoms with E-state index in [1.165, 1.54) is 5.56 Å². The van der Waals surface area contributed by atoms with Crippen LogP contribution in [0.4, 0.5) is 0 Å². The molecule has 3 heteroatoms. The summed E-state index contributed by atoms with van der Waals surface area (Å²) in [6.45, 7) is 2.33. The quantitative estimate of drug-likeness (QED) is 0.752. The van der Waals surface area contributed by atoms with E-state index in [0.717, 1.165) is 25.3 Å². The minimum atomic E-state index is 0.406. The second-order valence-electron chi connectivity index (χ2n) is 3.47. The van der Waals surface area contributed by atoms with Gasteiger partial charge in [-0.25, -0.2) is 0 Å². The molecule has 1 aromatic carbocycles. The Bertz CT molecular complexity index is 301. The Hall–Kier alpha value is -1.06. The minimum absolute atomic E-state index is 0.406. The number of nitrogens with two attached hydrogens (primary N) is 1. The average molecular weight is 192 g/mol. The van der Waals surface area contributed by atoms with Gasteiger partial charge in [0.1, 0.15) is 5.75 Å². The first-order chi connectivity index (χ1) is 6.92. The molecule has 1 aromatic rings. The largest absolute Gasteiger partial charge is 0.493 e. The first-order valence-corrected chi connectivity index (χ1v) is 5.07. The lowest BCUT2D eigenvalue weighted by molar-refractivity contribution is 0.253. The summed E-state index contributed by atoms with van der Waals surface area (Å²) in [4.78, 5) is 0. The Morgan fingerprint density at radius 3 is 3.14 bits per heavy atom. The second kappa shape index (κ2) is 4.44. The van der Waals surface area contributed by atoms with E-state index in [9.17, 15) is 0 Å². The van der Waals surface area contributed by atoms with Gasteiger partial charge in [0.2, 0.25) is 0 Å². The Kier molecular flexibility index (Phi) is 3.01. The second-order valence-corrected chi connectivity index (χ2v) is 3.47. The first-order valence-electron chi connectivity index (χ1n) is 5.07. The van der Waals surface area contributed by atoms with Crippen LogP contribution in [0.5, 0.6) is 5.75 Å². The number of hydrogen-bond donors (Lipinski definition) is 2. The lowest BCUT2D eigenvalue weighted by atomic mass is 10.0. The van der Waals surface area contributed by atoms with Gasteiger partial charge in [-0.15, -0.1) is 0 Å². The molecule has 0 spiro atoms. The number of para-hydroxylation sites is 1. The standard InChI is InChI=1S/C11H16N2O/c12-6-7-13-10-5-8-14-11-4-2-1-3-9(10)11/h1-4,10,13H,5-8,12H2.